The second-order valence-electron chi connectivity index (χ2n) is 3.15. The van der Waals surface area contributed by atoms with Crippen molar-refractivity contribution >= 4 is 17.3 Å². The predicted molar refractivity (Wildman–Crippen MR) is 55.9 cm³/mol. The molecule has 0 bridgehead atoms. The Morgan fingerprint density at radius 1 is 1.54 bits per heavy atom. The smallest absolute Gasteiger partial charge is 0.0654 e. The van der Waals surface area contributed by atoms with E-state index in [1.807, 2.05) is 0 Å². The molecule has 0 fully saturated rings. The van der Waals surface area contributed by atoms with Gasteiger partial charge in [0.05, 0.1) is 16.9 Å². The maximum Gasteiger partial charge on any atom is 0.0654 e. The summed E-state index contributed by atoms with van der Waals surface area (Å²) in [4.78, 5) is 4.00. The van der Waals surface area contributed by atoms with Crippen LogP contribution in [0, 0.1) is 0 Å². The minimum Gasteiger partial charge on any atom is -0.381 e. The maximum absolute atomic E-state index is 5.93. The molecule has 72 valence electrons. The molecule has 1 rings (SSSR count). The molecule has 3 nitrogen and oxygen atoms in total. The number of nitrogens with two attached hydrogens (primary N) is 1. The molecular weight excluding hydrogens is 186 g/mol. The molecule has 1 heterocycles. The molecule has 0 aliphatic rings. The first-order valence-corrected chi connectivity index (χ1v) is 4.62. The highest BCUT2D eigenvalue weighted by molar-refractivity contribution is 6.31. The number of rotatable bonds is 3. The van der Waals surface area contributed by atoms with E-state index in [1.165, 1.54) is 0 Å². The molecule has 1 aromatic heterocycles. The number of anilines is 1. The highest BCUT2D eigenvalue weighted by Crippen LogP contribution is 2.22. The molecule has 0 atom stereocenters. The summed E-state index contributed by atoms with van der Waals surface area (Å²) in [6.07, 6.45) is 3.35. The van der Waals surface area contributed by atoms with Crippen LogP contribution in [0.5, 0.6) is 0 Å². The van der Waals surface area contributed by atoms with Gasteiger partial charge in [0.2, 0.25) is 0 Å². The van der Waals surface area contributed by atoms with Crippen molar-refractivity contribution in [1.29, 1.82) is 0 Å². The van der Waals surface area contributed by atoms with Crippen molar-refractivity contribution in [3.63, 3.8) is 0 Å². The van der Waals surface area contributed by atoms with Gasteiger partial charge in [0.15, 0.2) is 0 Å². The van der Waals surface area contributed by atoms with Gasteiger partial charge in [-0.3, -0.25) is 4.98 Å². The van der Waals surface area contributed by atoms with Crippen molar-refractivity contribution in [2.75, 3.05) is 5.32 Å². The van der Waals surface area contributed by atoms with Gasteiger partial charge in [0.25, 0.3) is 0 Å². The van der Waals surface area contributed by atoms with Crippen molar-refractivity contribution < 1.29 is 0 Å². The van der Waals surface area contributed by atoms with Crippen LogP contribution in [0.2, 0.25) is 5.02 Å². The third-order valence-electron chi connectivity index (χ3n) is 1.65. The van der Waals surface area contributed by atoms with E-state index in [0.29, 0.717) is 17.6 Å². The predicted octanol–water partition coefficient (Wildman–Crippen LogP) is 2.01. The highest BCUT2D eigenvalue weighted by Gasteiger charge is 2.06. The van der Waals surface area contributed by atoms with E-state index >= 15 is 0 Å². The van der Waals surface area contributed by atoms with Crippen molar-refractivity contribution in [2.45, 2.75) is 26.4 Å². The van der Waals surface area contributed by atoms with Gasteiger partial charge in [-0.05, 0) is 13.8 Å². The average molecular weight is 200 g/mol. The molecule has 0 radical (unpaired) electrons. The molecule has 0 spiro atoms. The minimum atomic E-state index is 0.352. The average Bonchev–Trinajstić information content (AvgIpc) is 2.03. The van der Waals surface area contributed by atoms with Gasteiger partial charge in [-0.1, -0.05) is 11.6 Å². The van der Waals surface area contributed by atoms with E-state index in [1.54, 1.807) is 12.4 Å². The Hall–Kier alpha value is -0.800. The zero-order valence-corrected chi connectivity index (χ0v) is 8.60. The number of nitrogens with one attached hydrogen (secondary N) is 1. The van der Waals surface area contributed by atoms with Gasteiger partial charge < -0.3 is 11.1 Å². The molecule has 0 unspecified atom stereocenters. The number of nitrogens with zero attached hydrogens (tertiary/aromatic N) is 1. The molecule has 13 heavy (non-hydrogen) atoms. The second kappa shape index (κ2) is 4.44. The SMILES string of the molecule is CC(C)Nc1cncc(Cl)c1CN. The van der Waals surface area contributed by atoms with E-state index in [9.17, 15) is 0 Å². The Labute approximate surface area is 83.3 Å². The first-order chi connectivity index (χ1) is 6.15. The van der Waals surface area contributed by atoms with Crippen LogP contribution in [-0.4, -0.2) is 11.0 Å². The summed E-state index contributed by atoms with van der Waals surface area (Å²) in [5, 5.41) is 3.86. The third kappa shape index (κ3) is 2.57. The molecular formula is C9H14ClN3. The Morgan fingerprint density at radius 2 is 2.23 bits per heavy atom. The molecule has 0 saturated heterocycles. The van der Waals surface area contributed by atoms with Gasteiger partial charge >= 0.3 is 0 Å². The van der Waals surface area contributed by atoms with Crippen LogP contribution in [0.4, 0.5) is 5.69 Å². The molecule has 0 aromatic carbocycles. The molecule has 1 aromatic rings. The summed E-state index contributed by atoms with van der Waals surface area (Å²) in [7, 11) is 0. The van der Waals surface area contributed by atoms with E-state index in [-0.39, 0.29) is 0 Å². The molecule has 0 saturated carbocycles. The van der Waals surface area contributed by atoms with Crippen LogP contribution in [-0.2, 0) is 6.54 Å². The third-order valence-corrected chi connectivity index (χ3v) is 1.98. The highest BCUT2D eigenvalue weighted by atomic mass is 35.5. The van der Waals surface area contributed by atoms with Crippen LogP contribution < -0.4 is 11.1 Å². The van der Waals surface area contributed by atoms with E-state index in [0.717, 1.165) is 11.3 Å². The standard InChI is InChI=1S/C9H14ClN3/c1-6(2)13-9-5-12-4-8(10)7(9)3-11/h4-6,13H,3,11H2,1-2H3. The maximum atomic E-state index is 5.93. The van der Waals surface area contributed by atoms with E-state index in [2.05, 4.69) is 24.1 Å². The first kappa shape index (κ1) is 10.3. The molecule has 0 aliphatic heterocycles. The summed E-state index contributed by atoms with van der Waals surface area (Å²) in [6.45, 7) is 4.54. The Balaban J connectivity index is 2.98. The second-order valence-corrected chi connectivity index (χ2v) is 3.56. The van der Waals surface area contributed by atoms with Gasteiger partial charge in [-0.25, -0.2) is 0 Å². The molecule has 0 aliphatic carbocycles. The van der Waals surface area contributed by atoms with E-state index in [4.69, 9.17) is 17.3 Å². The number of aromatic nitrogens is 1. The summed E-state index contributed by atoms with van der Waals surface area (Å²) in [5.74, 6) is 0. The lowest BCUT2D eigenvalue weighted by atomic mass is 10.2. The summed E-state index contributed by atoms with van der Waals surface area (Å²) in [5.41, 5.74) is 7.42. The Morgan fingerprint density at radius 3 is 2.77 bits per heavy atom. The fourth-order valence-corrected chi connectivity index (χ4v) is 1.34. The van der Waals surface area contributed by atoms with Crippen LogP contribution in [0.1, 0.15) is 19.4 Å². The lowest BCUT2D eigenvalue weighted by Crippen LogP contribution is -2.13. The lowest BCUT2D eigenvalue weighted by Gasteiger charge is -2.13. The van der Waals surface area contributed by atoms with Crippen molar-refractivity contribution in [1.82, 2.24) is 4.98 Å². The lowest BCUT2D eigenvalue weighted by molar-refractivity contribution is 0.889. The van der Waals surface area contributed by atoms with Gasteiger partial charge in [0, 0.05) is 24.3 Å². The minimum absolute atomic E-state index is 0.352. The number of pyridine rings is 1. The molecule has 3 N–H and O–H groups in total. The normalized spacial score (nSPS) is 10.5. The molecule has 0 amide bonds. The van der Waals surface area contributed by atoms with Crippen LogP contribution in [0.25, 0.3) is 0 Å². The fourth-order valence-electron chi connectivity index (χ4n) is 1.10. The van der Waals surface area contributed by atoms with Crippen LogP contribution >= 0.6 is 11.6 Å². The van der Waals surface area contributed by atoms with Crippen LogP contribution in [0.15, 0.2) is 12.4 Å². The molecule has 4 heteroatoms. The zero-order valence-electron chi connectivity index (χ0n) is 7.84. The summed E-state index contributed by atoms with van der Waals surface area (Å²) < 4.78 is 0. The largest absolute Gasteiger partial charge is 0.381 e. The van der Waals surface area contributed by atoms with Gasteiger partial charge in [-0.15, -0.1) is 0 Å². The topological polar surface area (TPSA) is 50.9 Å². The van der Waals surface area contributed by atoms with Crippen molar-refractivity contribution in [3.05, 3.63) is 23.0 Å². The Bertz CT molecular complexity index is 286. The quantitative estimate of drug-likeness (QED) is 0.783. The number of halogens is 1. The fraction of sp³-hybridized carbons (Fsp3) is 0.444. The number of hydrogen-bond donors (Lipinski definition) is 2. The van der Waals surface area contributed by atoms with Crippen molar-refractivity contribution in [3.8, 4) is 0 Å². The zero-order chi connectivity index (χ0) is 9.84. The Kier molecular flexibility index (Phi) is 3.51. The van der Waals surface area contributed by atoms with Gasteiger partial charge in [0.1, 0.15) is 0 Å². The monoisotopic (exact) mass is 199 g/mol. The first-order valence-electron chi connectivity index (χ1n) is 4.24. The summed E-state index contributed by atoms with van der Waals surface area (Å²) in [6, 6.07) is 0.352. The van der Waals surface area contributed by atoms with Crippen molar-refractivity contribution in [2.24, 2.45) is 5.73 Å². The number of hydrogen-bond acceptors (Lipinski definition) is 3. The summed E-state index contributed by atoms with van der Waals surface area (Å²) >= 11 is 5.93. The van der Waals surface area contributed by atoms with Crippen LogP contribution in [0.3, 0.4) is 0 Å². The van der Waals surface area contributed by atoms with Gasteiger partial charge in [-0.2, -0.15) is 0 Å². The van der Waals surface area contributed by atoms with E-state index < -0.39 is 0 Å².